The Morgan fingerprint density at radius 1 is 1.27 bits per heavy atom. The molecule has 1 atom stereocenters. The van der Waals surface area contributed by atoms with Gasteiger partial charge in [0.15, 0.2) is 6.29 Å². The molecule has 4 rings (SSSR count). The average Bonchev–Trinajstić information content (AvgIpc) is 3.52. The van der Waals surface area contributed by atoms with Crippen LogP contribution in [-0.2, 0) is 0 Å². The summed E-state index contributed by atoms with van der Waals surface area (Å²) in [4.78, 5) is 13.1. The molecule has 1 N–H and O–H groups in total. The van der Waals surface area contributed by atoms with Gasteiger partial charge in [-0.2, -0.15) is 0 Å². The van der Waals surface area contributed by atoms with Crippen LogP contribution in [-0.4, -0.2) is 38.8 Å². The summed E-state index contributed by atoms with van der Waals surface area (Å²) in [5.74, 6) is 0.428. The van der Waals surface area contributed by atoms with Gasteiger partial charge < -0.3 is 9.64 Å². The first-order valence-electron chi connectivity index (χ1n) is 10.2. The third-order valence-corrected chi connectivity index (χ3v) is 6.17. The molecule has 0 bridgehead atoms. The number of nitrogens with zero attached hydrogens (tertiary/aromatic N) is 1. The normalized spacial score (nSPS) is 18.0. The zero-order valence-corrected chi connectivity index (χ0v) is 18.9. The van der Waals surface area contributed by atoms with Crippen molar-refractivity contribution < 1.29 is 13.9 Å². The lowest BCUT2D eigenvalue weighted by Crippen LogP contribution is -2.34. The summed E-state index contributed by atoms with van der Waals surface area (Å²) in [6, 6.07) is 11.6. The van der Waals surface area contributed by atoms with Gasteiger partial charge in [0.05, 0.1) is 16.6 Å². The first kappa shape index (κ1) is 22.9. The monoisotopic (exact) mass is 450 g/mol. The topological polar surface area (TPSA) is 41.6 Å². The van der Waals surface area contributed by atoms with Crippen LogP contribution in [0.3, 0.4) is 0 Å². The third kappa shape index (κ3) is 5.90. The van der Waals surface area contributed by atoms with Crippen molar-refractivity contribution in [1.82, 2.24) is 4.72 Å². The minimum absolute atomic E-state index is 0.0550. The molecule has 4 nitrogen and oxygen atoms in total. The number of ether oxygens (including phenoxy) is 1. The van der Waals surface area contributed by atoms with E-state index in [0.717, 1.165) is 25.3 Å². The lowest BCUT2D eigenvalue weighted by molar-refractivity contribution is 0.111. The summed E-state index contributed by atoms with van der Waals surface area (Å²) in [5.41, 5.74) is 2.58. The molecule has 2 aromatic rings. The Bertz CT molecular complexity index is 844. The van der Waals surface area contributed by atoms with E-state index >= 15 is 0 Å². The molecule has 1 aliphatic carbocycles. The van der Waals surface area contributed by atoms with Gasteiger partial charge in [-0.25, -0.2) is 4.39 Å². The number of hydrogen-bond donors (Lipinski definition) is 1. The molecule has 2 aromatic carbocycles. The largest absolute Gasteiger partial charge is 0.490 e. The zero-order valence-electron chi connectivity index (χ0n) is 17.4. The Hall–Kier alpha value is -1.76. The molecule has 0 radical (unpaired) electrons. The highest BCUT2D eigenvalue weighted by atomic mass is 35.5. The van der Waals surface area contributed by atoms with Crippen molar-refractivity contribution in [3.05, 3.63) is 58.4 Å². The highest BCUT2D eigenvalue weighted by Gasteiger charge is 2.27. The quantitative estimate of drug-likeness (QED) is 0.432. The van der Waals surface area contributed by atoms with Crippen LogP contribution in [0.5, 0.6) is 5.75 Å². The fourth-order valence-corrected chi connectivity index (χ4v) is 3.86. The summed E-state index contributed by atoms with van der Waals surface area (Å²) in [5, 5.41) is 0.256. The molecule has 30 heavy (non-hydrogen) atoms. The van der Waals surface area contributed by atoms with E-state index in [1.807, 2.05) is 13.3 Å². The number of hydrogen-bond acceptors (Lipinski definition) is 5. The lowest BCUT2D eigenvalue weighted by Gasteiger charge is -2.27. The van der Waals surface area contributed by atoms with Crippen LogP contribution in [0.25, 0.3) is 0 Å². The summed E-state index contributed by atoms with van der Waals surface area (Å²) in [6.45, 7) is 1.42. The van der Waals surface area contributed by atoms with Crippen LogP contribution in [0.2, 0.25) is 5.02 Å². The predicted molar refractivity (Wildman–Crippen MR) is 124 cm³/mol. The molecule has 1 aliphatic heterocycles. The summed E-state index contributed by atoms with van der Waals surface area (Å²) < 4.78 is 22.4. The molecular formula is C23H28ClFN2O2S. The number of carbonyl (C=O) groups excluding carboxylic acids is 1. The second-order valence-electron chi connectivity index (χ2n) is 7.50. The van der Waals surface area contributed by atoms with E-state index in [9.17, 15) is 9.18 Å². The number of carbonyl (C=O) groups is 1. The average molecular weight is 451 g/mol. The molecule has 2 fully saturated rings. The van der Waals surface area contributed by atoms with Gasteiger partial charge in [0.2, 0.25) is 0 Å². The maximum atomic E-state index is 13.8. The Morgan fingerprint density at radius 3 is 2.57 bits per heavy atom. The van der Waals surface area contributed by atoms with Gasteiger partial charge in [0.1, 0.15) is 18.2 Å². The van der Waals surface area contributed by atoms with Crippen molar-refractivity contribution in [3.8, 4) is 5.75 Å². The Balaban J connectivity index is 0.000000589. The number of halogens is 2. The first-order valence-corrected chi connectivity index (χ1v) is 11.8. The zero-order chi connectivity index (χ0) is 21.5. The molecule has 7 heteroatoms. The number of benzene rings is 2. The molecule has 1 saturated heterocycles. The van der Waals surface area contributed by atoms with E-state index in [2.05, 4.69) is 33.9 Å². The van der Waals surface area contributed by atoms with E-state index in [1.165, 1.54) is 36.2 Å². The minimum atomic E-state index is -0.613. The summed E-state index contributed by atoms with van der Waals surface area (Å²) in [7, 11) is 1.89. The van der Waals surface area contributed by atoms with Crippen molar-refractivity contribution in [1.29, 1.82) is 0 Å². The molecular weight excluding hydrogens is 423 g/mol. The van der Waals surface area contributed by atoms with Crippen molar-refractivity contribution in [2.45, 2.75) is 37.6 Å². The number of rotatable bonds is 7. The van der Waals surface area contributed by atoms with Gasteiger partial charge >= 0.3 is 0 Å². The lowest BCUT2D eigenvalue weighted by atomic mass is 10.1. The van der Waals surface area contributed by atoms with Crippen LogP contribution >= 0.6 is 23.5 Å². The van der Waals surface area contributed by atoms with Gasteiger partial charge in [0, 0.05) is 18.3 Å². The summed E-state index contributed by atoms with van der Waals surface area (Å²) in [6.07, 6.45) is 7.18. The van der Waals surface area contributed by atoms with Crippen LogP contribution in [0, 0.1) is 5.82 Å². The Morgan fingerprint density at radius 2 is 1.97 bits per heavy atom. The number of nitrogens with one attached hydrogen (secondary N) is 1. The SMILES string of the molecule is CNSC.O=Cc1cc(Cl)c(OCC2CCCN2c2ccc(C3CC3)cc2)cc1F. The molecule has 2 aliphatic rings. The molecule has 162 valence electrons. The fraction of sp³-hybridized carbons (Fsp3) is 0.435. The molecule has 1 heterocycles. The fourth-order valence-electron chi connectivity index (χ4n) is 3.63. The predicted octanol–water partition coefficient (Wildman–Crippen LogP) is 5.70. The highest BCUT2D eigenvalue weighted by molar-refractivity contribution is 7.96. The van der Waals surface area contributed by atoms with Crippen LogP contribution in [0.15, 0.2) is 36.4 Å². The van der Waals surface area contributed by atoms with Crippen molar-refractivity contribution >= 4 is 35.5 Å². The van der Waals surface area contributed by atoms with Crippen LogP contribution in [0.1, 0.15) is 47.5 Å². The maximum Gasteiger partial charge on any atom is 0.153 e. The second kappa shape index (κ2) is 11.0. The van der Waals surface area contributed by atoms with Gasteiger partial charge in [-0.3, -0.25) is 9.52 Å². The first-order chi connectivity index (χ1) is 14.6. The smallest absolute Gasteiger partial charge is 0.153 e. The van der Waals surface area contributed by atoms with Gasteiger partial charge in [-0.1, -0.05) is 35.7 Å². The van der Waals surface area contributed by atoms with Crippen LogP contribution in [0.4, 0.5) is 10.1 Å². The van der Waals surface area contributed by atoms with Crippen molar-refractivity contribution in [2.75, 3.05) is 31.4 Å². The molecule has 1 saturated carbocycles. The Kier molecular flexibility index (Phi) is 8.42. The number of anilines is 1. The minimum Gasteiger partial charge on any atom is -0.490 e. The maximum absolute atomic E-state index is 13.8. The highest BCUT2D eigenvalue weighted by Crippen LogP contribution is 2.40. The van der Waals surface area contributed by atoms with E-state index in [0.29, 0.717) is 12.9 Å². The van der Waals surface area contributed by atoms with E-state index < -0.39 is 5.82 Å². The van der Waals surface area contributed by atoms with E-state index in [1.54, 1.807) is 11.9 Å². The second-order valence-corrected chi connectivity index (χ2v) is 8.72. The molecule has 0 amide bonds. The molecule has 1 unspecified atom stereocenters. The van der Waals surface area contributed by atoms with Gasteiger partial charge in [0.25, 0.3) is 0 Å². The van der Waals surface area contributed by atoms with Crippen molar-refractivity contribution in [2.24, 2.45) is 0 Å². The van der Waals surface area contributed by atoms with Crippen LogP contribution < -0.4 is 14.4 Å². The van der Waals surface area contributed by atoms with Gasteiger partial charge in [-0.05, 0) is 68.7 Å². The number of aldehydes is 1. The molecule has 0 spiro atoms. The van der Waals surface area contributed by atoms with Gasteiger partial charge in [-0.15, -0.1) is 0 Å². The Labute approximate surface area is 187 Å². The van der Waals surface area contributed by atoms with E-state index in [-0.39, 0.29) is 22.4 Å². The van der Waals surface area contributed by atoms with Crippen molar-refractivity contribution in [3.63, 3.8) is 0 Å². The summed E-state index contributed by atoms with van der Waals surface area (Å²) >= 11 is 7.71. The molecule has 0 aromatic heterocycles. The van der Waals surface area contributed by atoms with E-state index in [4.69, 9.17) is 16.3 Å². The standard InChI is InChI=1S/C21H21ClFNO2.C2H7NS/c22-19-10-16(12-25)20(23)11-21(19)26-13-18-2-1-9-24(18)17-7-5-15(6-8-17)14-3-4-14;1-3-4-2/h5-8,10-12,14,18H,1-4,9,13H2;3H,1-2H3. The third-order valence-electron chi connectivity index (χ3n) is 5.46.